The smallest absolute Gasteiger partial charge is 0.293 e. The average Bonchev–Trinajstić information content (AvgIpc) is 1.97. The van der Waals surface area contributed by atoms with Crippen LogP contribution in [0.3, 0.4) is 0 Å². The Morgan fingerprint density at radius 1 is 1.67 bits per heavy atom. The van der Waals surface area contributed by atoms with E-state index in [9.17, 15) is 13.2 Å². The quantitative estimate of drug-likeness (QED) is 0.374. The van der Waals surface area contributed by atoms with Crippen molar-refractivity contribution in [2.45, 2.75) is 5.44 Å². The molecule has 7 heteroatoms. The highest BCUT2D eigenvalue weighted by molar-refractivity contribution is 7.86. The lowest BCUT2D eigenvalue weighted by Crippen LogP contribution is -2.35. The maximum Gasteiger partial charge on any atom is 0.293 e. The van der Waals surface area contributed by atoms with E-state index in [1.807, 2.05) is 5.32 Å². The van der Waals surface area contributed by atoms with Gasteiger partial charge < -0.3 is 10.4 Å². The molecule has 0 aliphatic rings. The Hall–Kier alpha value is -0.920. The zero-order valence-corrected chi connectivity index (χ0v) is 6.91. The van der Waals surface area contributed by atoms with Gasteiger partial charge in [-0.2, -0.15) is 8.42 Å². The molecule has 0 saturated heterocycles. The minimum Gasteiger partial charge on any atom is -0.374 e. The molecule has 1 amide bonds. The van der Waals surface area contributed by atoms with Crippen molar-refractivity contribution in [3.05, 3.63) is 12.7 Å². The maximum absolute atomic E-state index is 10.4. The van der Waals surface area contributed by atoms with Crippen LogP contribution < -0.4 is 5.32 Å². The van der Waals surface area contributed by atoms with Gasteiger partial charge in [0.15, 0.2) is 5.44 Å². The van der Waals surface area contributed by atoms with Crippen molar-refractivity contribution in [3.8, 4) is 0 Å². The molecule has 0 aromatic heterocycles. The van der Waals surface area contributed by atoms with Gasteiger partial charge >= 0.3 is 0 Å². The Balaban J connectivity index is 3.96. The fraction of sp³-hybridized carbons (Fsp3) is 0.400. The molecule has 0 bridgehead atoms. The standard InChI is InChI=1S/C5H9NO5S/c1-2-4(7)6-3-5(8)12(9,10)11/h2,5,8H,1,3H2,(H,6,7)(H,9,10,11). The third-order valence-corrected chi connectivity index (χ3v) is 1.83. The third-order valence-electron chi connectivity index (χ3n) is 0.980. The summed E-state index contributed by atoms with van der Waals surface area (Å²) in [5.74, 6) is -0.627. The predicted molar refractivity (Wildman–Crippen MR) is 40.8 cm³/mol. The minimum atomic E-state index is -4.50. The first kappa shape index (κ1) is 11.1. The van der Waals surface area contributed by atoms with Crippen LogP contribution >= 0.6 is 0 Å². The first-order chi connectivity index (χ1) is 5.38. The average molecular weight is 195 g/mol. The van der Waals surface area contributed by atoms with Crippen LogP contribution in [0.5, 0.6) is 0 Å². The lowest BCUT2D eigenvalue weighted by molar-refractivity contribution is -0.116. The van der Waals surface area contributed by atoms with Crippen LogP contribution in [0.2, 0.25) is 0 Å². The van der Waals surface area contributed by atoms with Gasteiger partial charge in [0, 0.05) is 0 Å². The summed E-state index contributed by atoms with van der Waals surface area (Å²) in [6.45, 7) is 2.53. The second-order valence-electron chi connectivity index (χ2n) is 1.92. The molecule has 0 fully saturated rings. The number of hydrogen-bond donors (Lipinski definition) is 3. The summed E-state index contributed by atoms with van der Waals surface area (Å²) in [6.07, 6.45) is 0.913. The van der Waals surface area contributed by atoms with E-state index >= 15 is 0 Å². The molecule has 1 unspecified atom stereocenters. The maximum atomic E-state index is 10.4. The monoisotopic (exact) mass is 195 g/mol. The number of carbonyl (C=O) groups is 1. The highest BCUT2D eigenvalue weighted by Gasteiger charge is 2.19. The molecule has 0 aromatic carbocycles. The van der Waals surface area contributed by atoms with Gasteiger partial charge in [-0.1, -0.05) is 6.58 Å². The number of aliphatic hydroxyl groups is 1. The van der Waals surface area contributed by atoms with Gasteiger partial charge in [-0.3, -0.25) is 9.35 Å². The summed E-state index contributed by atoms with van der Waals surface area (Å²) < 4.78 is 28.5. The Bertz CT molecular complexity index is 270. The molecule has 12 heavy (non-hydrogen) atoms. The first-order valence-electron chi connectivity index (χ1n) is 2.92. The molecule has 0 aliphatic heterocycles. The van der Waals surface area contributed by atoms with Crippen LogP contribution in [0.15, 0.2) is 12.7 Å². The molecule has 0 heterocycles. The Kier molecular flexibility index (Phi) is 3.87. The summed E-state index contributed by atoms with van der Waals surface area (Å²) in [5.41, 5.74) is -2.00. The SMILES string of the molecule is C=CC(=O)NCC(O)S(=O)(=O)O. The van der Waals surface area contributed by atoms with Gasteiger partial charge in [0.1, 0.15) is 0 Å². The normalized spacial score (nSPS) is 13.5. The molecule has 70 valence electrons. The van der Waals surface area contributed by atoms with Gasteiger partial charge in [0.2, 0.25) is 5.91 Å². The molecule has 0 rings (SSSR count). The summed E-state index contributed by atoms with van der Waals surface area (Å²) in [6, 6.07) is 0. The number of amides is 1. The van der Waals surface area contributed by atoms with E-state index in [4.69, 9.17) is 9.66 Å². The van der Waals surface area contributed by atoms with Crippen molar-refractivity contribution in [1.29, 1.82) is 0 Å². The van der Waals surface area contributed by atoms with Gasteiger partial charge in [-0.25, -0.2) is 0 Å². The lowest BCUT2D eigenvalue weighted by Gasteiger charge is -2.06. The Morgan fingerprint density at radius 2 is 2.17 bits per heavy atom. The van der Waals surface area contributed by atoms with Gasteiger partial charge in [0.25, 0.3) is 10.1 Å². The molecule has 0 radical (unpaired) electrons. The summed E-state index contributed by atoms with van der Waals surface area (Å²) in [4.78, 5) is 10.4. The molecule has 0 spiro atoms. The van der Waals surface area contributed by atoms with Crippen LogP contribution in [0.4, 0.5) is 0 Å². The van der Waals surface area contributed by atoms with Crippen LogP contribution in [0.25, 0.3) is 0 Å². The first-order valence-corrected chi connectivity index (χ1v) is 4.43. The topological polar surface area (TPSA) is 104 Å². The van der Waals surface area contributed by atoms with Crippen LogP contribution in [-0.2, 0) is 14.9 Å². The van der Waals surface area contributed by atoms with Crippen molar-refractivity contribution >= 4 is 16.0 Å². The van der Waals surface area contributed by atoms with Crippen molar-refractivity contribution < 1.29 is 22.9 Å². The highest BCUT2D eigenvalue weighted by Crippen LogP contribution is 1.90. The second-order valence-corrected chi connectivity index (χ2v) is 3.49. The van der Waals surface area contributed by atoms with Crippen molar-refractivity contribution in [1.82, 2.24) is 5.32 Å². The molecule has 3 N–H and O–H groups in total. The molecule has 0 aliphatic carbocycles. The van der Waals surface area contributed by atoms with Crippen LogP contribution in [-0.4, -0.2) is 36.0 Å². The Labute approximate surface area is 69.6 Å². The number of hydrogen-bond acceptors (Lipinski definition) is 4. The molecule has 6 nitrogen and oxygen atoms in total. The van der Waals surface area contributed by atoms with E-state index < -0.39 is 28.0 Å². The minimum absolute atomic E-state index is 0.566. The van der Waals surface area contributed by atoms with E-state index in [1.165, 1.54) is 0 Å². The summed E-state index contributed by atoms with van der Waals surface area (Å²) in [7, 11) is -4.50. The van der Waals surface area contributed by atoms with Crippen molar-refractivity contribution in [2.24, 2.45) is 0 Å². The molecular formula is C5H9NO5S. The zero-order chi connectivity index (χ0) is 9.78. The van der Waals surface area contributed by atoms with E-state index in [-0.39, 0.29) is 0 Å². The van der Waals surface area contributed by atoms with Gasteiger partial charge in [-0.15, -0.1) is 0 Å². The van der Waals surface area contributed by atoms with E-state index in [0.717, 1.165) is 6.08 Å². The number of aliphatic hydroxyl groups excluding tert-OH is 1. The second kappa shape index (κ2) is 4.19. The molecule has 1 atom stereocenters. The van der Waals surface area contributed by atoms with Gasteiger partial charge in [-0.05, 0) is 6.08 Å². The number of carbonyl (C=O) groups excluding carboxylic acids is 1. The van der Waals surface area contributed by atoms with Crippen molar-refractivity contribution in [3.63, 3.8) is 0 Å². The predicted octanol–water partition coefficient (Wildman–Crippen LogP) is -1.51. The van der Waals surface area contributed by atoms with E-state index in [2.05, 4.69) is 6.58 Å². The van der Waals surface area contributed by atoms with Crippen LogP contribution in [0, 0.1) is 0 Å². The van der Waals surface area contributed by atoms with E-state index in [0.29, 0.717) is 0 Å². The van der Waals surface area contributed by atoms with Gasteiger partial charge in [0.05, 0.1) is 6.54 Å². The molecule has 0 aromatic rings. The number of rotatable bonds is 4. The lowest BCUT2D eigenvalue weighted by atomic mass is 10.5. The fourth-order valence-corrected chi connectivity index (χ4v) is 0.659. The highest BCUT2D eigenvalue weighted by atomic mass is 32.2. The molecule has 0 saturated carbocycles. The molecular weight excluding hydrogens is 186 g/mol. The zero-order valence-electron chi connectivity index (χ0n) is 6.10. The largest absolute Gasteiger partial charge is 0.374 e. The Morgan fingerprint density at radius 3 is 2.50 bits per heavy atom. The van der Waals surface area contributed by atoms with Crippen LogP contribution in [0.1, 0.15) is 0 Å². The third kappa shape index (κ3) is 4.06. The fourth-order valence-electron chi connectivity index (χ4n) is 0.365. The summed E-state index contributed by atoms with van der Waals surface area (Å²) >= 11 is 0. The van der Waals surface area contributed by atoms with E-state index in [1.54, 1.807) is 0 Å². The summed E-state index contributed by atoms with van der Waals surface area (Å²) in [5, 5.41) is 10.6. The number of nitrogens with one attached hydrogen (secondary N) is 1. The van der Waals surface area contributed by atoms with Crippen molar-refractivity contribution in [2.75, 3.05) is 6.54 Å².